The average molecular weight is 554 g/mol. The van der Waals surface area contributed by atoms with Crippen LogP contribution in [0.25, 0.3) is 0 Å². The van der Waals surface area contributed by atoms with Crippen molar-refractivity contribution < 1.29 is 19.8 Å². The van der Waals surface area contributed by atoms with E-state index < -0.39 is 11.9 Å². The van der Waals surface area contributed by atoms with Crippen molar-refractivity contribution in [2.75, 3.05) is 0 Å². The van der Waals surface area contributed by atoms with Crippen molar-refractivity contribution in [3.63, 3.8) is 0 Å². The van der Waals surface area contributed by atoms with Gasteiger partial charge < -0.3 is 19.8 Å². The Morgan fingerprint density at radius 3 is 1.12 bits per heavy atom. The summed E-state index contributed by atoms with van der Waals surface area (Å²) in [5.41, 5.74) is 0. The Morgan fingerprint density at radius 2 is 0.840 bits per heavy atom. The summed E-state index contributed by atoms with van der Waals surface area (Å²) < 4.78 is 3.34. The third kappa shape index (κ3) is 59.4. The van der Waals surface area contributed by atoms with Gasteiger partial charge in [-0.1, -0.05) is 0 Å². The number of hydrogen-bond donors (Lipinski definition) is 0. The van der Waals surface area contributed by atoms with E-state index in [1.165, 1.54) is 64.2 Å². The SMILES string of the molecule is CC(=O)[O-].CC(=O)[O-].CCCCCCC[CH2][Bi+2][CH2]CCCCCCC. The summed E-state index contributed by atoms with van der Waals surface area (Å²) in [6.45, 7) is 6.55. The van der Waals surface area contributed by atoms with Crippen molar-refractivity contribution in [1.29, 1.82) is 0 Å². The molecule has 0 saturated carbocycles. The molecule has 149 valence electrons. The van der Waals surface area contributed by atoms with E-state index >= 15 is 0 Å². The summed E-state index contributed by atoms with van der Waals surface area (Å²) in [5.74, 6) is -2.17. The van der Waals surface area contributed by atoms with E-state index in [0.29, 0.717) is 0 Å². The second-order valence-electron chi connectivity index (χ2n) is 6.19. The fraction of sp³-hybridized carbons (Fsp3) is 0.900. The molecule has 0 aliphatic rings. The van der Waals surface area contributed by atoms with Crippen molar-refractivity contribution in [3.05, 3.63) is 0 Å². The van der Waals surface area contributed by atoms with Gasteiger partial charge in [-0.05, 0) is 13.8 Å². The van der Waals surface area contributed by atoms with Crippen molar-refractivity contribution in [1.82, 2.24) is 0 Å². The molecule has 0 unspecified atom stereocenters. The minimum atomic E-state index is -1.08. The fourth-order valence-electron chi connectivity index (χ4n) is 2.12. The van der Waals surface area contributed by atoms with Gasteiger partial charge in [-0.25, -0.2) is 0 Å². The summed E-state index contributed by atoms with van der Waals surface area (Å²) in [6.07, 6.45) is 17.9. The van der Waals surface area contributed by atoms with E-state index in [1.807, 2.05) is 0 Å². The molecule has 0 spiro atoms. The minimum absolute atomic E-state index is 0.0142. The molecule has 0 rings (SSSR count). The molecule has 1 radical (unpaired) electrons. The van der Waals surface area contributed by atoms with Crippen LogP contribution in [0.4, 0.5) is 0 Å². The predicted molar refractivity (Wildman–Crippen MR) is 103 cm³/mol. The molecule has 0 aromatic heterocycles. The molecule has 0 fully saturated rings. The van der Waals surface area contributed by atoms with E-state index in [4.69, 9.17) is 19.8 Å². The Bertz CT molecular complexity index is 236. The molecular weight excluding hydrogens is 513 g/mol. The Labute approximate surface area is 167 Å². The summed E-state index contributed by atoms with van der Waals surface area (Å²) in [4.78, 5) is 17.8. The van der Waals surface area contributed by atoms with Gasteiger partial charge in [-0.15, -0.1) is 0 Å². The van der Waals surface area contributed by atoms with E-state index in [2.05, 4.69) is 13.8 Å². The Hall–Kier alpha value is -0.177. The third-order valence-corrected chi connectivity index (χ3v) is 8.26. The molecule has 0 aromatic carbocycles. The molecule has 25 heavy (non-hydrogen) atoms. The van der Waals surface area contributed by atoms with Gasteiger partial charge in [0.2, 0.25) is 0 Å². The van der Waals surface area contributed by atoms with Gasteiger partial charge in [0.15, 0.2) is 0 Å². The van der Waals surface area contributed by atoms with E-state index in [0.717, 1.165) is 13.8 Å². The molecule has 0 saturated heterocycles. The van der Waals surface area contributed by atoms with Gasteiger partial charge >= 0.3 is 122 Å². The third-order valence-electron chi connectivity index (χ3n) is 3.34. The molecule has 0 heterocycles. The number of carbonyl (C=O) groups is 2. The Morgan fingerprint density at radius 1 is 0.600 bits per heavy atom. The van der Waals surface area contributed by atoms with Crippen LogP contribution in [0.5, 0.6) is 0 Å². The molecule has 0 aliphatic heterocycles. The topological polar surface area (TPSA) is 80.3 Å². The number of carboxylic acids is 2. The Kier molecular flexibility index (Phi) is 33.9. The molecule has 0 aromatic rings. The monoisotopic (exact) mass is 553 g/mol. The van der Waals surface area contributed by atoms with E-state index in [1.54, 1.807) is 21.1 Å². The van der Waals surface area contributed by atoms with Gasteiger partial charge in [0.25, 0.3) is 0 Å². The first-order valence-corrected chi connectivity index (χ1v) is 14.8. The fourth-order valence-corrected chi connectivity index (χ4v) is 6.47. The average Bonchev–Trinajstić information content (AvgIpc) is 2.51. The second-order valence-corrected chi connectivity index (χ2v) is 11.4. The van der Waals surface area contributed by atoms with Crippen molar-refractivity contribution >= 4 is 35.2 Å². The van der Waals surface area contributed by atoms with Crippen LogP contribution in [-0.4, -0.2) is 35.2 Å². The molecule has 4 nitrogen and oxygen atoms in total. The number of aliphatic carboxylic acids is 2. The summed E-state index contributed by atoms with van der Waals surface area (Å²) in [6, 6.07) is 0. The summed E-state index contributed by atoms with van der Waals surface area (Å²) in [5, 5.41) is 17.8. The van der Waals surface area contributed by atoms with Gasteiger partial charge in [0.1, 0.15) is 0 Å². The molecule has 0 bridgehead atoms. The number of rotatable bonds is 14. The first-order valence-electron chi connectivity index (χ1n) is 9.86. The first kappa shape index (κ1) is 29.6. The van der Waals surface area contributed by atoms with Crippen LogP contribution in [0, 0.1) is 0 Å². The number of carboxylic acid groups (broad SMARTS) is 2. The van der Waals surface area contributed by atoms with Crippen molar-refractivity contribution in [3.8, 4) is 0 Å². The predicted octanol–water partition coefficient (Wildman–Crippen LogP) is 3.76. The number of hydrogen-bond acceptors (Lipinski definition) is 4. The van der Waals surface area contributed by atoms with Crippen LogP contribution in [0.1, 0.15) is 105 Å². The van der Waals surface area contributed by atoms with E-state index in [-0.39, 0.29) is 23.2 Å². The zero-order valence-electron chi connectivity index (χ0n) is 17.0. The van der Waals surface area contributed by atoms with Crippen LogP contribution < -0.4 is 10.2 Å². The van der Waals surface area contributed by atoms with Crippen LogP contribution >= 0.6 is 0 Å². The van der Waals surface area contributed by atoms with Crippen LogP contribution in [0.15, 0.2) is 0 Å². The molecule has 5 heteroatoms. The molecule has 0 N–H and O–H groups in total. The molecule has 0 atom stereocenters. The molecule has 0 aliphatic carbocycles. The number of carbonyl (C=O) groups excluding carboxylic acids is 2. The van der Waals surface area contributed by atoms with Crippen LogP contribution in [0.3, 0.4) is 0 Å². The molecular formula is C20H40BiO4. The normalized spacial score (nSPS) is 9.28. The first-order chi connectivity index (χ1) is 11.9. The van der Waals surface area contributed by atoms with Crippen LogP contribution in [-0.2, 0) is 9.59 Å². The standard InChI is InChI=1S/2C8H17.2C2H4O2.Bi/c2*1-3-5-7-8-6-4-2;2*1-2(3)4;/h2*1,3-8H2,2H3;2*1H3,(H,3,4);/q;;;;+2/p-2. The van der Waals surface area contributed by atoms with Crippen molar-refractivity contribution in [2.45, 2.75) is 113 Å². The maximum atomic E-state index is 8.89. The van der Waals surface area contributed by atoms with Crippen LogP contribution in [0.2, 0.25) is 8.26 Å². The Balaban J connectivity index is -0.000000503. The van der Waals surface area contributed by atoms with Gasteiger partial charge in [0.05, 0.1) is 0 Å². The van der Waals surface area contributed by atoms with E-state index in [9.17, 15) is 0 Å². The molecule has 0 amide bonds. The quantitative estimate of drug-likeness (QED) is 0.243. The van der Waals surface area contributed by atoms with Gasteiger partial charge in [-0.2, -0.15) is 0 Å². The second kappa shape index (κ2) is 28.6. The van der Waals surface area contributed by atoms with Gasteiger partial charge in [-0.3, -0.25) is 0 Å². The summed E-state index contributed by atoms with van der Waals surface area (Å²) >= 11 is -0.0142. The zero-order valence-corrected chi connectivity index (χ0v) is 20.5. The maximum absolute atomic E-state index is 8.89. The zero-order chi connectivity index (χ0) is 19.8. The summed E-state index contributed by atoms with van der Waals surface area (Å²) in [7, 11) is 0. The number of unbranched alkanes of at least 4 members (excludes halogenated alkanes) is 10. The van der Waals surface area contributed by atoms with Gasteiger partial charge in [0, 0.05) is 11.9 Å². The van der Waals surface area contributed by atoms with Crippen molar-refractivity contribution in [2.24, 2.45) is 0 Å².